The van der Waals surface area contributed by atoms with Crippen molar-refractivity contribution in [2.24, 2.45) is 0 Å². The number of hydrogen-bond acceptors (Lipinski definition) is 6. The van der Waals surface area contributed by atoms with Gasteiger partial charge in [-0.25, -0.2) is 13.2 Å². The van der Waals surface area contributed by atoms with Crippen molar-refractivity contribution in [2.75, 3.05) is 25.6 Å². The Hall–Kier alpha value is -3.78. The lowest BCUT2D eigenvalue weighted by atomic mass is 10.2. The van der Waals surface area contributed by atoms with Gasteiger partial charge in [0.05, 0.1) is 33.6 Å². The van der Waals surface area contributed by atoms with Crippen LogP contribution in [0.5, 0.6) is 11.5 Å². The van der Waals surface area contributed by atoms with Gasteiger partial charge in [0.2, 0.25) is 0 Å². The molecule has 34 heavy (non-hydrogen) atoms. The van der Waals surface area contributed by atoms with Crippen LogP contribution in [-0.2, 0) is 26.1 Å². The molecule has 0 fully saturated rings. The summed E-state index contributed by atoms with van der Waals surface area (Å²) in [5.74, 6) is -0.274. The highest BCUT2D eigenvalue weighted by molar-refractivity contribution is 7.93. The number of esters is 1. The van der Waals surface area contributed by atoms with Gasteiger partial charge in [0, 0.05) is 6.08 Å². The lowest BCUT2D eigenvalue weighted by molar-refractivity contribution is -0.134. The molecule has 0 aliphatic rings. The summed E-state index contributed by atoms with van der Waals surface area (Å²) in [5.41, 5.74) is 2.77. The lowest BCUT2D eigenvalue weighted by Gasteiger charge is -2.26. The summed E-state index contributed by atoms with van der Waals surface area (Å²) in [6.45, 7) is 2.05. The molecule has 3 aromatic carbocycles. The Balaban J connectivity index is 2.20. The average Bonchev–Trinajstić information content (AvgIpc) is 2.86. The Bertz CT molecular complexity index is 1270. The first-order valence-corrected chi connectivity index (χ1v) is 11.9. The van der Waals surface area contributed by atoms with Crippen molar-refractivity contribution in [1.82, 2.24) is 0 Å². The van der Waals surface area contributed by atoms with Crippen LogP contribution in [0.15, 0.2) is 77.7 Å². The van der Waals surface area contributed by atoms with E-state index in [1.54, 1.807) is 18.2 Å². The largest absolute Gasteiger partial charge is 0.493 e. The number of methoxy groups -OCH3 is 3. The summed E-state index contributed by atoms with van der Waals surface area (Å²) in [6, 6.07) is 19.6. The zero-order chi connectivity index (χ0) is 24.7. The van der Waals surface area contributed by atoms with Crippen LogP contribution in [0.2, 0.25) is 0 Å². The molecule has 0 amide bonds. The van der Waals surface area contributed by atoms with Crippen molar-refractivity contribution >= 4 is 27.8 Å². The molecule has 178 valence electrons. The van der Waals surface area contributed by atoms with Crippen LogP contribution in [0.4, 0.5) is 5.69 Å². The molecule has 0 atom stereocenters. The SMILES string of the molecule is COC(=O)/C=C/c1cc(OC)c(OC)c(S(=O)(=O)N(Cc2ccccc2)c2ccc(C)cc2)c1. The topological polar surface area (TPSA) is 82.1 Å². The molecule has 0 bridgehead atoms. The van der Waals surface area contributed by atoms with E-state index in [9.17, 15) is 13.2 Å². The first-order chi connectivity index (χ1) is 16.3. The molecule has 0 aromatic heterocycles. The number of carbonyl (C=O) groups is 1. The minimum Gasteiger partial charge on any atom is -0.493 e. The van der Waals surface area contributed by atoms with Crippen molar-refractivity contribution in [2.45, 2.75) is 18.4 Å². The minimum atomic E-state index is -4.13. The van der Waals surface area contributed by atoms with E-state index in [0.29, 0.717) is 11.3 Å². The van der Waals surface area contributed by atoms with Crippen molar-refractivity contribution in [3.05, 3.63) is 89.5 Å². The summed E-state index contributed by atoms with van der Waals surface area (Å²) in [7, 11) is -0.0612. The van der Waals surface area contributed by atoms with Gasteiger partial charge in [-0.05, 0) is 48.4 Å². The van der Waals surface area contributed by atoms with E-state index in [4.69, 9.17) is 9.47 Å². The molecule has 0 aliphatic heterocycles. The Labute approximate surface area is 200 Å². The number of ether oxygens (including phenoxy) is 3. The number of nitrogens with zero attached hydrogens (tertiary/aromatic N) is 1. The van der Waals surface area contributed by atoms with Gasteiger partial charge < -0.3 is 14.2 Å². The van der Waals surface area contributed by atoms with E-state index in [-0.39, 0.29) is 22.9 Å². The van der Waals surface area contributed by atoms with Crippen LogP contribution in [0.25, 0.3) is 6.08 Å². The average molecular weight is 482 g/mol. The normalized spacial score (nSPS) is 11.3. The van der Waals surface area contributed by atoms with Gasteiger partial charge in [-0.1, -0.05) is 48.0 Å². The van der Waals surface area contributed by atoms with Gasteiger partial charge >= 0.3 is 5.97 Å². The fourth-order valence-corrected chi connectivity index (χ4v) is 5.02. The van der Waals surface area contributed by atoms with Crippen molar-refractivity contribution in [1.29, 1.82) is 0 Å². The van der Waals surface area contributed by atoms with Crippen LogP contribution in [0.1, 0.15) is 16.7 Å². The van der Waals surface area contributed by atoms with E-state index in [0.717, 1.165) is 11.1 Å². The van der Waals surface area contributed by atoms with Crippen LogP contribution >= 0.6 is 0 Å². The first kappa shape index (κ1) is 24.9. The van der Waals surface area contributed by atoms with E-state index < -0.39 is 16.0 Å². The van der Waals surface area contributed by atoms with E-state index in [1.807, 2.05) is 49.4 Å². The second kappa shape index (κ2) is 10.9. The molecule has 0 unspecified atom stereocenters. The van der Waals surface area contributed by atoms with Gasteiger partial charge in [-0.15, -0.1) is 0 Å². The minimum absolute atomic E-state index is 0.0721. The van der Waals surface area contributed by atoms with Crippen molar-refractivity contribution < 1.29 is 27.4 Å². The fraction of sp³-hybridized carbons (Fsp3) is 0.192. The monoisotopic (exact) mass is 481 g/mol. The molecule has 0 spiro atoms. The number of carbonyl (C=O) groups excluding carboxylic acids is 1. The zero-order valence-corrected chi connectivity index (χ0v) is 20.3. The third-order valence-electron chi connectivity index (χ3n) is 5.14. The Morgan fingerprint density at radius 1 is 0.941 bits per heavy atom. The van der Waals surface area contributed by atoms with Gasteiger partial charge in [0.25, 0.3) is 10.0 Å². The molecule has 7 nitrogen and oxygen atoms in total. The predicted molar refractivity (Wildman–Crippen MR) is 132 cm³/mol. The molecule has 0 heterocycles. The van der Waals surface area contributed by atoms with Crippen molar-refractivity contribution in [3.8, 4) is 11.5 Å². The molecular weight excluding hydrogens is 454 g/mol. The maximum Gasteiger partial charge on any atom is 0.330 e. The third kappa shape index (κ3) is 5.58. The molecular formula is C26H27NO6S. The van der Waals surface area contributed by atoms with Gasteiger partial charge in [-0.2, -0.15) is 0 Å². The highest BCUT2D eigenvalue weighted by Gasteiger charge is 2.31. The summed E-state index contributed by atoms with van der Waals surface area (Å²) in [6.07, 6.45) is 2.67. The maximum absolute atomic E-state index is 14.1. The highest BCUT2D eigenvalue weighted by Crippen LogP contribution is 2.39. The quantitative estimate of drug-likeness (QED) is 0.328. The summed E-state index contributed by atoms with van der Waals surface area (Å²) in [4.78, 5) is 11.5. The van der Waals surface area contributed by atoms with E-state index in [1.165, 1.54) is 43.9 Å². The number of benzene rings is 3. The Kier molecular flexibility index (Phi) is 7.96. The summed E-state index contributed by atoms with van der Waals surface area (Å²) in [5, 5.41) is 0. The molecule has 8 heteroatoms. The highest BCUT2D eigenvalue weighted by atomic mass is 32.2. The van der Waals surface area contributed by atoms with E-state index in [2.05, 4.69) is 4.74 Å². The molecule has 0 saturated carbocycles. The number of aryl methyl sites for hydroxylation is 1. The standard InChI is InChI=1S/C26H27NO6S/c1-19-10-13-22(14-11-19)27(18-20-8-6-5-7-9-20)34(29,30)24-17-21(12-15-25(28)32-3)16-23(31-2)26(24)33-4/h5-17H,18H2,1-4H3/b15-12+. The van der Waals surface area contributed by atoms with Crippen LogP contribution in [-0.4, -0.2) is 35.7 Å². The number of hydrogen-bond donors (Lipinski definition) is 0. The first-order valence-electron chi connectivity index (χ1n) is 10.5. The molecule has 0 radical (unpaired) electrons. The zero-order valence-electron chi connectivity index (χ0n) is 19.5. The Morgan fingerprint density at radius 2 is 1.62 bits per heavy atom. The summed E-state index contributed by atoms with van der Waals surface area (Å²) >= 11 is 0. The van der Waals surface area contributed by atoms with Crippen molar-refractivity contribution in [3.63, 3.8) is 0 Å². The maximum atomic E-state index is 14.1. The smallest absolute Gasteiger partial charge is 0.330 e. The third-order valence-corrected chi connectivity index (χ3v) is 6.92. The lowest BCUT2D eigenvalue weighted by Crippen LogP contribution is -2.31. The Morgan fingerprint density at radius 3 is 2.21 bits per heavy atom. The molecule has 0 aliphatic carbocycles. The number of rotatable bonds is 9. The van der Waals surface area contributed by atoms with Crippen LogP contribution < -0.4 is 13.8 Å². The second-order valence-electron chi connectivity index (χ2n) is 7.44. The molecule has 0 N–H and O–H groups in total. The van der Waals surface area contributed by atoms with E-state index >= 15 is 0 Å². The predicted octanol–water partition coefficient (Wildman–Crippen LogP) is 4.59. The van der Waals surface area contributed by atoms with Gasteiger partial charge in [-0.3, -0.25) is 4.31 Å². The second-order valence-corrected chi connectivity index (χ2v) is 9.27. The number of anilines is 1. The number of sulfonamides is 1. The summed E-state index contributed by atoms with van der Waals surface area (Å²) < 4.78 is 45.0. The van der Waals surface area contributed by atoms with Gasteiger partial charge in [0.1, 0.15) is 4.90 Å². The molecule has 3 rings (SSSR count). The molecule has 3 aromatic rings. The molecule has 0 saturated heterocycles. The fourth-order valence-electron chi connectivity index (χ4n) is 3.36. The van der Waals surface area contributed by atoms with Crippen LogP contribution in [0, 0.1) is 6.92 Å². The van der Waals surface area contributed by atoms with Gasteiger partial charge in [0.15, 0.2) is 11.5 Å². The van der Waals surface area contributed by atoms with Crippen LogP contribution in [0.3, 0.4) is 0 Å².